The fourth-order valence-corrected chi connectivity index (χ4v) is 5.59. The van der Waals surface area contributed by atoms with Gasteiger partial charge in [-0.25, -0.2) is 4.98 Å². The third-order valence-corrected chi connectivity index (χ3v) is 7.44. The molecule has 2 aliphatic rings. The molecule has 0 aliphatic carbocycles. The molecule has 2 fully saturated rings. The lowest BCUT2D eigenvalue weighted by atomic mass is 9.96. The summed E-state index contributed by atoms with van der Waals surface area (Å²) in [7, 11) is 0. The Labute approximate surface area is 209 Å². The first-order valence-electron chi connectivity index (χ1n) is 11.9. The summed E-state index contributed by atoms with van der Waals surface area (Å²) in [4.78, 5) is 31.5. The molecule has 0 unspecified atom stereocenters. The number of anilines is 1. The number of nitrogens with one attached hydrogen (secondary N) is 1. The van der Waals surface area contributed by atoms with Gasteiger partial charge in [-0.3, -0.25) is 9.59 Å². The number of piperidine rings is 1. The van der Waals surface area contributed by atoms with Gasteiger partial charge in [-0.15, -0.1) is 0 Å². The maximum Gasteiger partial charge on any atom is 0.263 e. The van der Waals surface area contributed by atoms with Gasteiger partial charge in [0.15, 0.2) is 5.60 Å². The summed E-state index contributed by atoms with van der Waals surface area (Å²) in [5.41, 5.74) is 4.69. The molecule has 5 rings (SSSR count). The molecule has 2 aromatic carbocycles. The first kappa shape index (κ1) is 23.4. The zero-order valence-corrected chi connectivity index (χ0v) is 20.6. The topological polar surface area (TPSA) is 97.5 Å². The van der Waals surface area contributed by atoms with E-state index in [2.05, 4.69) is 15.2 Å². The molecule has 2 bridgehead atoms. The van der Waals surface area contributed by atoms with Crippen LogP contribution < -0.4 is 20.7 Å². The van der Waals surface area contributed by atoms with E-state index >= 15 is 0 Å². The number of amides is 2. The number of benzene rings is 2. The first-order valence-corrected chi connectivity index (χ1v) is 12.3. The summed E-state index contributed by atoms with van der Waals surface area (Å²) in [6, 6.07) is 15.6. The number of halogens is 1. The minimum Gasteiger partial charge on any atom is -0.477 e. The largest absolute Gasteiger partial charge is 0.477 e. The van der Waals surface area contributed by atoms with Gasteiger partial charge in [-0.1, -0.05) is 35.9 Å². The minimum atomic E-state index is -1.06. The van der Waals surface area contributed by atoms with E-state index in [4.69, 9.17) is 22.1 Å². The molecule has 2 aliphatic heterocycles. The normalized spacial score (nSPS) is 21.7. The van der Waals surface area contributed by atoms with Gasteiger partial charge < -0.3 is 20.7 Å². The minimum absolute atomic E-state index is 0.0611. The van der Waals surface area contributed by atoms with Crippen molar-refractivity contribution in [2.45, 2.75) is 63.3 Å². The van der Waals surface area contributed by atoms with Crippen molar-refractivity contribution in [2.75, 3.05) is 4.90 Å². The fraction of sp³-hybridized carbons (Fsp3) is 0.370. The van der Waals surface area contributed by atoms with Crippen molar-refractivity contribution in [3.8, 4) is 5.75 Å². The van der Waals surface area contributed by atoms with Gasteiger partial charge in [-0.2, -0.15) is 0 Å². The van der Waals surface area contributed by atoms with Gasteiger partial charge in [0.2, 0.25) is 5.91 Å². The Kier molecular flexibility index (Phi) is 6.05. The van der Waals surface area contributed by atoms with E-state index in [1.165, 1.54) is 6.20 Å². The molecule has 2 amide bonds. The number of nitrogens with two attached hydrogens (primary N) is 1. The van der Waals surface area contributed by atoms with Crippen LogP contribution in [0.2, 0.25) is 5.02 Å². The highest BCUT2D eigenvalue weighted by Gasteiger charge is 2.43. The molecular formula is C27H29ClN4O3. The van der Waals surface area contributed by atoms with Crippen LogP contribution in [-0.2, 0) is 4.79 Å². The van der Waals surface area contributed by atoms with Crippen molar-refractivity contribution < 1.29 is 14.3 Å². The van der Waals surface area contributed by atoms with E-state index in [1.54, 1.807) is 26.0 Å². The van der Waals surface area contributed by atoms with E-state index in [9.17, 15) is 9.59 Å². The Morgan fingerprint density at radius 3 is 2.37 bits per heavy atom. The average molecular weight is 493 g/mol. The van der Waals surface area contributed by atoms with Crippen LogP contribution in [0.1, 0.15) is 49.9 Å². The zero-order chi connectivity index (χ0) is 24.7. The monoisotopic (exact) mass is 492 g/mol. The molecule has 3 N–H and O–H groups in total. The van der Waals surface area contributed by atoms with Crippen LogP contribution in [0.25, 0.3) is 10.8 Å². The van der Waals surface area contributed by atoms with Crippen LogP contribution in [0, 0.1) is 0 Å². The Balaban J connectivity index is 1.26. The summed E-state index contributed by atoms with van der Waals surface area (Å²) in [5.74, 6) is 0.860. The molecular weight excluding hydrogens is 464 g/mol. The van der Waals surface area contributed by atoms with Gasteiger partial charge in [-0.05, 0) is 63.8 Å². The second-order valence-electron chi connectivity index (χ2n) is 9.91. The Hall–Kier alpha value is -3.32. The molecule has 0 saturated carbocycles. The highest BCUT2D eigenvalue weighted by Crippen LogP contribution is 2.39. The average Bonchev–Trinajstić information content (AvgIpc) is 3.11. The number of nitrogens with zero attached hydrogens (tertiary/aromatic N) is 2. The van der Waals surface area contributed by atoms with Crippen molar-refractivity contribution in [1.29, 1.82) is 0 Å². The van der Waals surface area contributed by atoms with Gasteiger partial charge in [0.05, 0.1) is 5.56 Å². The van der Waals surface area contributed by atoms with Crippen LogP contribution in [-0.4, -0.2) is 40.5 Å². The Bertz CT molecular complexity index is 1260. The molecule has 0 spiro atoms. The molecule has 8 heteroatoms. The number of carbonyl (C=O) groups excluding carboxylic acids is 2. The van der Waals surface area contributed by atoms with E-state index in [0.717, 1.165) is 42.3 Å². The summed E-state index contributed by atoms with van der Waals surface area (Å²) in [6.45, 7) is 3.58. The number of fused-ring (bicyclic) bond motifs is 3. The standard InChI is InChI=1S/C27H29ClN4O3/c1-27(2,35-23-11-10-22(28)20-5-3-4-6-21(20)23)26(34)31-17-13-18-8-9-19(14-17)32(18)24-12-7-16(15-30-24)25(29)33/h3-7,10-12,15,17-19H,8-9,13-14H2,1-2H3,(H2,29,33)(H,31,34)/t17-,18+,19-. The van der Waals surface area contributed by atoms with E-state index < -0.39 is 11.5 Å². The molecule has 3 atom stereocenters. The smallest absolute Gasteiger partial charge is 0.263 e. The number of hydrogen-bond donors (Lipinski definition) is 2. The molecule has 1 aromatic heterocycles. The van der Waals surface area contributed by atoms with E-state index in [-0.39, 0.29) is 24.0 Å². The lowest BCUT2D eigenvalue weighted by Crippen LogP contribution is -2.55. The fourth-order valence-electron chi connectivity index (χ4n) is 5.36. The summed E-state index contributed by atoms with van der Waals surface area (Å²) >= 11 is 6.34. The molecule has 3 aromatic rings. The van der Waals surface area contributed by atoms with Gasteiger partial charge in [0, 0.05) is 40.1 Å². The van der Waals surface area contributed by atoms with Crippen molar-refractivity contribution in [2.24, 2.45) is 5.73 Å². The van der Waals surface area contributed by atoms with Crippen LogP contribution in [0.4, 0.5) is 5.82 Å². The Morgan fingerprint density at radius 1 is 1.06 bits per heavy atom. The summed E-state index contributed by atoms with van der Waals surface area (Å²) in [5, 5.41) is 5.66. The molecule has 182 valence electrons. The summed E-state index contributed by atoms with van der Waals surface area (Å²) < 4.78 is 6.23. The third kappa shape index (κ3) is 4.52. The third-order valence-electron chi connectivity index (χ3n) is 7.11. The lowest BCUT2D eigenvalue weighted by molar-refractivity contribution is -0.135. The first-order chi connectivity index (χ1) is 16.7. The van der Waals surface area contributed by atoms with Gasteiger partial charge in [0.25, 0.3) is 5.91 Å². The summed E-state index contributed by atoms with van der Waals surface area (Å²) in [6.07, 6.45) is 5.30. The van der Waals surface area contributed by atoms with Crippen molar-refractivity contribution >= 4 is 40.0 Å². The molecule has 0 radical (unpaired) electrons. The van der Waals surface area contributed by atoms with E-state index in [1.807, 2.05) is 36.4 Å². The number of rotatable bonds is 6. The van der Waals surface area contributed by atoms with Crippen molar-refractivity contribution in [3.63, 3.8) is 0 Å². The van der Waals surface area contributed by atoms with Crippen molar-refractivity contribution in [3.05, 3.63) is 65.3 Å². The number of ether oxygens (including phenoxy) is 1. The second kappa shape index (κ2) is 9.04. The van der Waals surface area contributed by atoms with Crippen LogP contribution in [0.3, 0.4) is 0 Å². The maximum atomic E-state index is 13.3. The number of aromatic nitrogens is 1. The van der Waals surface area contributed by atoms with Crippen LogP contribution in [0.15, 0.2) is 54.7 Å². The van der Waals surface area contributed by atoms with Crippen molar-refractivity contribution in [1.82, 2.24) is 10.3 Å². The quantitative estimate of drug-likeness (QED) is 0.529. The van der Waals surface area contributed by atoms with Crippen LogP contribution in [0.5, 0.6) is 5.75 Å². The number of pyridine rings is 1. The molecule has 3 heterocycles. The lowest BCUT2D eigenvalue weighted by Gasteiger charge is -2.40. The predicted octanol–water partition coefficient (Wildman–Crippen LogP) is 4.46. The predicted molar refractivity (Wildman–Crippen MR) is 137 cm³/mol. The maximum absolute atomic E-state index is 13.3. The highest BCUT2D eigenvalue weighted by atomic mass is 35.5. The zero-order valence-electron chi connectivity index (χ0n) is 19.8. The van der Waals surface area contributed by atoms with Gasteiger partial charge in [0.1, 0.15) is 11.6 Å². The molecule has 7 nitrogen and oxygen atoms in total. The molecule has 2 saturated heterocycles. The van der Waals surface area contributed by atoms with Crippen LogP contribution >= 0.6 is 11.6 Å². The number of carbonyl (C=O) groups is 2. The highest BCUT2D eigenvalue weighted by molar-refractivity contribution is 6.35. The SMILES string of the molecule is CC(C)(Oc1ccc(Cl)c2ccccc12)C(=O)N[C@H]1C[C@H]2CC[C@@H](C1)N2c1ccc(C(N)=O)cn1. The second-order valence-corrected chi connectivity index (χ2v) is 10.3. The van der Waals surface area contributed by atoms with Gasteiger partial charge >= 0.3 is 0 Å². The number of hydrogen-bond acceptors (Lipinski definition) is 5. The molecule has 35 heavy (non-hydrogen) atoms. The number of primary amides is 1. The Morgan fingerprint density at radius 2 is 1.74 bits per heavy atom. The van der Waals surface area contributed by atoms with E-state index in [0.29, 0.717) is 16.3 Å².